The quantitative estimate of drug-likeness (QED) is 0.331. The minimum atomic E-state index is -0.257. The van der Waals surface area contributed by atoms with Crippen LogP contribution in [-0.4, -0.2) is 27.6 Å². The van der Waals surface area contributed by atoms with E-state index in [9.17, 15) is 14.0 Å². The number of allylic oxidation sites excluding steroid dienone is 2. The molecule has 2 saturated carbocycles. The van der Waals surface area contributed by atoms with Gasteiger partial charge in [0.05, 0.1) is 18.1 Å². The van der Waals surface area contributed by atoms with E-state index in [2.05, 4.69) is 21.8 Å². The summed E-state index contributed by atoms with van der Waals surface area (Å²) in [5, 5.41) is 6.62. The van der Waals surface area contributed by atoms with Crippen LogP contribution in [0.4, 0.5) is 4.39 Å². The lowest BCUT2D eigenvalue weighted by Gasteiger charge is -2.37. The summed E-state index contributed by atoms with van der Waals surface area (Å²) in [5.74, 6) is 0.479. The molecule has 6 atom stereocenters. The van der Waals surface area contributed by atoms with Crippen LogP contribution >= 0.6 is 0 Å². The van der Waals surface area contributed by atoms with E-state index in [4.69, 9.17) is 0 Å². The van der Waals surface area contributed by atoms with Crippen molar-refractivity contribution in [3.63, 3.8) is 0 Å². The van der Waals surface area contributed by atoms with Crippen LogP contribution in [0.25, 0.3) is 10.9 Å². The van der Waals surface area contributed by atoms with Crippen molar-refractivity contribution >= 4 is 28.9 Å². The number of benzene rings is 2. The van der Waals surface area contributed by atoms with Crippen molar-refractivity contribution in [1.82, 2.24) is 9.58 Å². The Morgan fingerprint density at radius 3 is 2.29 bits per heavy atom. The van der Waals surface area contributed by atoms with E-state index in [0.29, 0.717) is 18.4 Å². The van der Waals surface area contributed by atoms with Crippen LogP contribution in [-0.2, 0) is 16.1 Å². The summed E-state index contributed by atoms with van der Waals surface area (Å²) in [6.07, 6.45) is 7.16. The number of imide groups is 1. The number of aromatic nitrogens is 1. The van der Waals surface area contributed by atoms with Crippen molar-refractivity contribution < 1.29 is 14.0 Å². The molecule has 3 fully saturated rings. The molecule has 5 aliphatic rings. The maximum atomic E-state index is 13.4. The largest absolute Gasteiger partial charge is 0.340 e. The average molecular weight is 454 g/mol. The van der Waals surface area contributed by atoms with Crippen LogP contribution < -0.4 is 0 Å². The SMILES string of the molecule is Cc1c(/C=N\N2C(=O)[C@@H]3[C@H]4C=C[C@@H]([C@@H]5C[C@H]45)[C@H]3C2=O)c2ccccc2n1Cc1ccc(F)cc1. The van der Waals surface area contributed by atoms with E-state index >= 15 is 0 Å². The molecule has 34 heavy (non-hydrogen) atoms. The first-order valence-corrected chi connectivity index (χ1v) is 12.0. The standard InChI is InChI=1S/C28H24FN3O2/c1-15-23(18-4-2-3-5-24(18)31(15)14-16-6-8-17(29)9-7-16)13-30-32-27(33)25-19-10-11-20(22-12-21(19)22)26(25)28(32)34/h2-11,13,19-22,25-26H,12,14H2,1H3/b30-13-/t19-,20-,21-,22+,25+,26+/m0/s1. The van der Waals surface area contributed by atoms with Crippen molar-refractivity contribution in [2.75, 3.05) is 0 Å². The van der Waals surface area contributed by atoms with E-state index in [1.807, 2.05) is 31.2 Å². The summed E-state index contributed by atoms with van der Waals surface area (Å²) in [6.45, 7) is 2.60. The Morgan fingerprint density at radius 1 is 0.971 bits per heavy atom. The second-order valence-electron chi connectivity index (χ2n) is 10.1. The number of para-hydroxylation sites is 1. The molecule has 8 rings (SSSR count). The van der Waals surface area contributed by atoms with Gasteiger partial charge in [-0.3, -0.25) is 9.59 Å². The first-order chi connectivity index (χ1) is 16.5. The number of halogens is 1. The normalized spacial score (nSPS) is 31.1. The van der Waals surface area contributed by atoms with Gasteiger partial charge in [0, 0.05) is 28.7 Å². The molecule has 1 aliphatic heterocycles. The second kappa shape index (κ2) is 6.98. The average Bonchev–Trinajstić information content (AvgIpc) is 3.59. The van der Waals surface area contributed by atoms with Gasteiger partial charge in [-0.1, -0.05) is 42.5 Å². The zero-order valence-corrected chi connectivity index (χ0v) is 18.8. The van der Waals surface area contributed by atoms with Crippen molar-refractivity contribution in [3.05, 3.63) is 83.3 Å². The summed E-state index contributed by atoms with van der Waals surface area (Å²) in [5.41, 5.74) is 3.89. The third kappa shape index (κ3) is 2.68. The van der Waals surface area contributed by atoms with Gasteiger partial charge in [0.2, 0.25) is 0 Å². The molecular weight excluding hydrogens is 429 g/mol. The molecule has 4 aliphatic carbocycles. The molecule has 1 saturated heterocycles. The highest BCUT2D eigenvalue weighted by Crippen LogP contribution is 2.65. The second-order valence-corrected chi connectivity index (χ2v) is 10.1. The molecule has 5 nitrogen and oxygen atoms in total. The van der Waals surface area contributed by atoms with E-state index in [1.54, 1.807) is 18.3 Å². The van der Waals surface area contributed by atoms with Crippen LogP contribution in [0.5, 0.6) is 0 Å². The van der Waals surface area contributed by atoms with Gasteiger partial charge in [-0.15, -0.1) is 0 Å². The number of fused-ring (bicyclic) bond motifs is 1. The van der Waals surface area contributed by atoms with Crippen LogP contribution in [0.1, 0.15) is 23.2 Å². The molecule has 2 bridgehead atoms. The molecular formula is C28H24FN3O2. The molecule has 2 amide bonds. The molecule has 0 unspecified atom stereocenters. The number of hydrazone groups is 1. The third-order valence-electron chi connectivity index (χ3n) is 8.48. The van der Waals surface area contributed by atoms with Gasteiger partial charge in [-0.25, -0.2) is 4.39 Å². The Balaban J connectivity index is 1.24. The summed E-state index contributed by atoms with van der Waals surface area (Å²) in [6, 6.07) is 14.5. The zero-order valence-electron chi connectivity index (χ0n) is 18.8. The smallest absolute Gasteiger partial charge is 0.254 e. The van der Waals surface area contributed by atoms with E-state index < -0.39 is 0 Å². The molecule has 1 aromatic heterocycles. The predicted molar refractivity (Wildman–Crippen MR) is 126 cm³/mol. The van der Waals surface area contributed by atoms with Gasteiger partial charge in [-0.2, -0.15) is 10.1 Å². The van der Waals surface area contributed by atoms with Crippen LogP contribution in [0, 0.1) is 48.2 Å². The Kier molecular flexibility index (Phi) is 4.08. The summed E-state index contributed by atoms with van der Waals surface area (Å²) in [7, 11) is 0. The lowest BCUT2D eigenvalue weighted by molar-refractivity contribution is -0.140. The highest BCUT2D eigenvalue weighted by atomic mass is 19.1. The number of rotatable bonds is 4. The fourth-order valence-electron chi connectivity index (χ4n) is 6.77. The van der Waals surface area contributed by atoms with Crippen LogP contribution in [0.2, 0.25) is 0 Å². The summed E-state index contributed by atoms with van der Waals surface area (Å²) < 4.78 is 15.5. The third-order valence-corrected chi connectivity index (χ3v) is 8.48. The molecule has 0 spiro atoms. The number of carbonyl (C=O) groups excluding carboxylic acids is 2. The van der Waals surface area contributed by atoms with Gasteiger partial charge in [0.15, 0.2) is 0 Å². The molecule has 2 aromatic carbocycles. The topological polar surface area (TPSA) is 54.7 Å². The van der Waals surface area contributed by atoms with Crippen molar-refractivity contribution in [2.24, 2.45) is 40.6 Å². The fraction of sp³-hybridized carbons (Fsp3) is 0.321. The van der Waals surface area contributed by atoms with Crippen molar-refractivity contribution in [1.29, 1.82) is 0 Å². The Morgan fingerprint density at radius 2 is 1.62 bits per heavy atom. The monoisotopic (exact) mass is 453 g/mol. The van der Waals surface area contributed by atoms with Gasteiger partial charge in [-0.05, 0) is 60.8 Å². The van der Waals surface area contributed by atoms with Gasteiger partial charge >= 0.3 is 0 Å². The lowest BCUT2D eigenvalue weighted by Crippen LogP contribution is -2.40. The first kappa shape index (κ1) is 19.9. The number of hydrogen-bond acceptors (Lipinski definition) is 3. The number of hydrogen-bond donors (Lipinski definition) is 0. The fourth-order valence-corrected chi connectivity index (χ4v) is 6.77. The van der Waals surface area contributed by atoms with Crippen molar-refractivity contribution in [3.8, 4) is 0 Å². The van der Waals surface area contributed by atoms with Gasteiger partial charge < -0.3 is 4.57 Å². The predicted octanol–water partition coefficient (Wildman–Crippen LogP) is 4.52. The zero-order chi connectivity index (χ0) is 23.1. The molecule has 170 valence electrons. The van der Waals surface area contributed by atoms with Gasteiger partial charge in [0.25, 0.3) is 11.8 Å². The van der Waals surface area contributed by atoms with E-state index in [0.717, 1.165) is 39.2 Å². The number of amides is 2. The Hall–Kier alpha value is -3.54. The summed E-state index contributed by atoms with van der Waals surface area (Å²) >= 11 is 0. The summed E-state index contributed by atoms with van der Waals surface area (Å²) in [4.78, 5) is 26.5. The van der Waals surface area contributed by atoms with E-state index in [1.165, 1.54) is 12.1 Å². The molecule has 2 heterocycles. The molecule has 6 heteroatoms. The minimum absolute atomic E-state index is 0.149. The maximum Gasteiger partial charge on any atom is 0.254 e. The van der Waals surface area contributed by atoms with Crippen LogP contribution in [0.3, 0.4) is 0 Å². The highest BCUT2D eigenvalue weighted by molar-refractivity contribution is 6.08. The highest BCUT2D eigenvalue weighted by Gasteiger charge is 2.67. The molecule has 0 N–H and O–H groups in total. The maximum absolute atomic E-state index is 13.4. The number of nitrogens with zero attached hydrogens (tertiary/aromatic N) is 3. The Labute approximate surface area is 196 Å². The van der Waals surface area contributed by atoms with Gasteiger partial charge in [0.1, 0.15) is 5.82 Å². The Bertz CT molecular complexity index is 1380. The minimum Gasteiger partial charge on any atom is -0.340 e. The van der Waals surface area contributed by atoms with E-state index in [-0.39, 0.29) is 41.3 Å². The van der Waals surface area contributed by atoms with Crippen LogP contribution in [0.15, 0.2) is 65.8 Å². The first-order valence-electron chi connectivity index (χ1n) is 12.0. The number of carbonyl (C=O) groups is 2. The lowest BCUT2D eigenvalue weighted by atomic mass is 9.63. The molecule has 3 aromatic rings. The van der Waals surface area contributed by atoms with Crippen molar-refractivity contribution in [2.45, 2.75) is 19.9 Å². The molecule has 0 radical (unpaired) electrons.